The zero-order valence-corrected chi connectivity index (χ0v) is 12.7. The van der Waals surface area contributed by atoms with Crippen molar-refractivity contribution in [2.75, 3.05) is 0 Å². The summed E-state index contributed by atoms with van der Waals surface area (Å²) in [6.45, 7) is 7.92. The lowest BCUT2D eigenvalue weighted by Crippen LogP contribution is -2.31. The van der Waals surface area contributed by atoms with Crippen LogP contribution in [0.2, 0.25) is 0 Å². The van der Waals surface area contributed by atoms with Gasteiger partial charge in [-0.05, 0) is 27.7 Å². The molecular formula is C10H18Cl2N2O2S. The molecule has 1 aromatic heterocycles. The first-order chi connectivity index (χ1) is 6.87. The molecule has 0 aromatic carbocycles. The Labute approximate surface area is 118 Å². The van der Waals surface area contributed by atoms with Gasteiger partial charge in [0.1, 0.15) is 5.60 Å². The van der Waals surface area contributed by atoms with Gasteiger partial charge in [0.15, 0.2) is 0 Å². The van der Waals surface area contributed by atoms with Gasteiger partial charge in [0.2, 0.25) is 0 Å². The van der Waals surface area contributed by atoms with E-state index >= 15 is 0 Å². The van der Waals surface area contributed by atoms with E-state index in [-0.39, 0.29) is 24.8 Å². The van der Waals surface area contributed by atoms with E-state index in [2.05, 4.69) is 10.3 Å². The molecule has 4 nitrogen and oxygen atoms in total. The maximum absolute atomic E-state index is 11.3. The first kappa shape index (κ1) is 18.8. The van der Waals surface area contributed by atoms with Crippen molar-refractivity contribution in [3.63, 3.8) is 0 Å². The van der Waals surface area contributed by atoms with E-state index in [9.17, 15) is 4.79 Å². The minimum absolute atomic E-state index is 0. The maximum atomic E-state index is 11.3. The van der Waals surface area contributed by atoms with Crippen LogP contribution in [0.15, 0.2) is 6.20 Å². The molecule has 0 radical (unpaired) electrons. The first-order valence-corrected chi connectivity index (χ1v) is 5.56. The Bertz CT molecular complexity index is 350. The van der Waals surface area contributed by atoms with E-state index in [1.807, 2.05) is 27.7 Å². The summed E-state index contributed by atoms with van der Waals surface area (Å²) in [7, 11) is 0. The third-order valence-electron chi connectivity index (χ3n) is 1.47. The summed E-state index contributed by atoms with van der Waals surface area (Å²) in [6.07, 6.45) is 1.37. The Kier molecular flexibility index (Phi) is 8.57. The van der Waals surface area contributed by atoms with Crippen LogP contribution in [0.4, 0.5) is 4.79 Å². The Morgan fingerprint density at radius 3 is 2.47 bits per heavy atom. The van der Waals surface area contributed by atoms with Crippen molar-refractivity contribution in [1.29, 1.82) is 0 Å². The molecule has 1 aromatic rings. The highest BCUT2D eigenvalue weighted by Gasteiger charge is 2.15. The topological polar surface area (TPSA) is 51.2 Å². The van der Waals surface area contributed by atoms with Crippen molar-refractivity contribution >= 4 is 42.2 Å². The number of halogens is 2. The predicted molar refractivity (Wildman–Crippen MR) is 74.4 cm³/mol. The summed E-state index contributed by atoms with van der Waals surface area (Å²) < 4.78 is 5.10. The number of aromatic nitrogens is 1. The van der Waals surface area contributed by atoms with Crippen LogP contribution in [0.3, 0.4) is 0 Å². The molecule has 0 fully saturated rings. The number of nitrogens with one attached hydrogen (secondary N) is 1. The summed E-state index contributed by atoms with van der Waals surface area (Å²) in [5.41, 5.74) is -0.451. The number of carbonyl (C=O) groups excluding carboxylic acids is 1. The van der Waals surface area contributed by atoms with Crippen LogP contribution in [0, 0.1) is 6.92 Å². The molecule has 0 saturated carbocycles. The molecule has 100 valence electrons. The molecule has 0 aliphatic rings. The van der Waals surface area contributed by atoms with Gasteiger partial charge in [-0.15, -0.1) is 36.2 Å². The van der Waals surface area contributed by atoms with Crippen LogP contribution in [0.1, 0.15) is 30.7 Å². The highest BCUT2D eigenvalue weighted by atomic mass is 35.5. The number of aryl methyl sites for hydroxylation is 1. The standard InChI is InChI=1S/C10H16N2O2S.2ClH/c1-7-11-5-8(15-7)6-12-9(13)14-10(2,3)4;;/h5H,6H2,1-4H3,(H,12,13);2*1H. The van der Waals surface area contributed by atoms with Gasteiger partial charge in [-0.3, -0.25) is 0 Å². The number of carbonyl (C=O) groups is 1. The second-order valence-corrected chi connectivity index (χ2v) is 5.52. The van der Waals surface area contributed by atoms with E-state index in [1.54, 1.807) is 17.5 Å². The number of nitrogens with zero attached hydrogens (tertiary/aromatic N) is 1. The Morgan fingerprint density at radius 1 is 1.47 bits per heavy atom. The van der Waals surface area contributed by atoms with Crippen molar-refractivity contribution in [2.45, 2.75) is 39.8 Å². The Balaban J connectivity index is 0. The molecule has 0 atom stereocenters. The van der Waals surface area contributed by atoms with E-state index in [1.165, 1.54) is 0 Å². The number of amides is 1. The van der Waals surface area contributed by atoms with E-state index < -0.39 is 11.7 Å². The molecule has 1 heterocycles. The zero-order chi connectivity index (χ0) is 11.5. The summed E-state index contributed by atoms with van der Waals surface area (Å²) in [6, 6.07) is 0. The van der Waals surface area contributed by atoms with Gasteiger partial charge in [0.05, 0.1) is 11.6 Å². The van der Waals surface area contributed by atoms with Crippen LogP contribution in [-0.2, 0) is 11.3 Å². The van der Waals surface area contributed by atoms with Crippen molar-refractivity contribution < 1.29 is 9.53 Å². The number of hydrogen-bond donors (Lipinski definition) is 1. The maximum Gasteiger partial charge on any atom is 0.407 e. The molecule has 0 unspecified atom stereocenters. The van der Waals surface area contributed by atoms with Crippen LogP contribution in [-0.4, -0.2) is 16.7 Å². The lowest BCUT2D eigenvalue weighted by Gasteiger charge is -2.19. The van der Waals surface area contributed by atoms with Gasteiger partial charge in [0, 0.05) is 11.1 Å². The summed E-state index contributed by atoms with van der Waals surface area (Å²) >= 11 is 1.57. The average molecular weight is 301 g/mol. The van der Waals surface area contributed by atoms with Crippen LogP contribution >= 0.6 is 36.2 Å². The fourth-order valence-electron chi connectivity index (χ4n) is 0.961. The van der Waals surface area contributed by atoms with Crippen molar-refractivity contribution in [1.82, 2.24) is 10.3 Å². The molecule has 1 N–H and O–H groups in total. The SMILES string of the molecule is Cc1ncc(CNC(=O)OC(C)(C)C)s1.Cl.Cl. The minimum Gasteiger partial charge on any atom is -0.444 e. The highest BCUT2D eigenvalue weighted by molar-refractivity contribution is 7.11. The number of thiazole rings is 1. The highest BCUT2D eigenvalue weighted by Crippen LogP contribution is 2.11. The van der Waals surface area contributed by atoms with E-state index in [0.29, 0.717) is 6.54 Å². The molecular weight excluding hydrogens is 283 g/mol. The zero-order valence-electron chi connectivity index (χ0n) is 10.3. The van der Waals surface area contributed by atoms with Gasteiger partial charge >= 0.3 is 6.09 Å². The Hall–Kier alpha value is -0.520. The second-order valence-electron chi connectivity index (χ2n) is 4.20. The Morgan fingerprint density at radius 2 is 2.06 bits per heavy atom. The molecule has 1 amide bonds. The van der Waals surface area contributed by atoms with Crippen molar-refractivity contribution in [2.24, 2.45) is 0 Å². The van der Waals surface area contributed by atoms with Crippen LogP contribution < -0.4 is 5.32 Å². The second kappa shape index (κ2) is 7.74. The largest absolute Gasteiger partial charge is 0.444 e. The molecule has 0 aliphatic carbocycles. The van der Waals surface area contributed by atoms with Crippen molar-refractivity contribution in [3.05, 3.63) is 16.1 Å². The van der Waals surface area contributed by atoms with E-state index in [0.717, 1.165) is 9.88 Å². The number of hydrogen-bond acceptors (Lipinski definition) is 4. The molecule has 1 rings (SSSR count). The fraction of sp³-hybridized carbons (Fsp3) is 0.600. The number of ether oxygens (including phenoxy) is 1. The predicted octanol–water partition coefficient (Wildman–Crippen LogP) is 3.32. The molecule has 0 spiro atoms. The van der Waals surface area contributed by atoms with Crippen LogP contribution in [0.25, 0.3) is 0 Å². The van der Waals surface area contributed by atoms with Crippen LogP contribution in [0.5, 0.6) is 0 Å². The lowest BCUT2D eigenvalue weighted by atomic mass is 10.2. The van der Waals surface area contributed by atoms with Gasteiger partial charge in [0.25, 0.3) is 0 Å². The van der Waals surface area contributed by atoms with Crippen molar-refractivity contribution in [3.8, 4) is 0 Å². The van der Waals surface area contributed by atoms with Gasteiger partial charge in [-0.25, -0.2) is 9.78 Å². The summed E-state index contributed by atoms with van der Waals surface area (Å²) in [5, 5.41) is 3.67. The quantitative estimate of drug-likeness (QED) is 0.911. The molecule has 0 saturated heterocycles. The number of alkyl carbamates (subject to hydrolysis) is 1. The third-order valence-corrected chi connectivity index (χ3v) is 2.39. The molecule has 0 aliphatic heterocycles. The molecule has 7 heteroatoms. The molecule has 17 heavy (non-hydrogen) atoms. The summed E-state index contributed by atoms with van der Waals surface area (Å²) in [4.78, 5) is 16.4. The fourth-order valence-corrected chi connectivity index (χ4v) is 1.70. The lowest BCUT2D eigenvalue weighted by molar-refractivity contribution is 0.0524. The van der Waals surface area contributed by atoms with Gasteiger partial charge < -0.3 is 10.1 Å². The first-order valence-electron chi connectivity index (χ1n) is 4.75. The monoisotopic (exact) mass is 300 g/mol. The van der Waals surface area contributed by atoms with Gasteiger partial charge in [-0.2, -0.15) is 0 Å². The van der Waals surface area contributed by atoms with Gasteiger partial charge in [-0.1, -0.05) is 0 Å². The normalized spacial score (nSPS) is 9.88. The smallest absolute Gasteiger partial charge is 0.407 e. The average Bonchev–Trinajstić information content (AvgIpc) is 2.45. The summed E-state index contributed by atoms with van der Waals surface area (Å²) in [5.74, 6) is 0. The number of rotatable bonds is 2. The van der Waals surface area contributed by atoms with E-state index in [4.69, 9.17) is 4.74 Å². The third kappa shape index (κ3) is 8.24. The minimum atomic E-state index is -0.451. The molecule has 0 bridgehead atoms.